The van der Waals surface area contributed by atoms with Crippen molar-refractivity contribution < 1.29 is 18.3 Å². The molecule has 6 nitrogen and oxygen atoms in total. The zero-order valence-electron chi connectivity index (χ0n) is 18.7. The standard InChI is InChI=1S/C24H27ClN2O4S2/c1-24(14-13-22(28)29,18-7-5-4-6-8-18)16-26-33(30,31)23-12-11-21(32-23)17-9-10-19(25)20(15-17)27(2)3/h4-12,15,26H,13-14,16H2,1-3H3,(H,28,29)/t24-/m0/s1. The van der Waals surface area contributed by atoms with Gasteiger partial charge in [0.05, 0.1) is 10.7 Å². The van der Waals surface area contributed by atoms with Gasteiger partial charge < -0.3 is 10.0 Å². The van der Waals surface area contributed by atoms with Gasteiger partial charge >= 0.3 is 5.97 Å². The van der Waals surface area contributed by atoms with Crippen molar-refractivity contribution in [2.24, 2.45) is 0 Å². The molecule has 0 amide bonds. The molecule has 3 rings (SSSR count). The van der Waals surface area contributed by atoms with Crippen molar-refractivity contribution in [2.75, 3.05) is 25.5 Å². The molecule has 0 saturated carbocycles. The van der Waals surface area contributed by atoms with Gasteiger partial charge in [0.15, 0.2) is 0 Å². The third-order valence-corrected chi connectivity index (χ3v) is 8.92. The Balaban J connectivity index is 1.82. The summed E-state index contributed by atoms with van der Waals surface area (Å²) in [6.07, 6.45) is 0.254. The average molecular weight is 507 g/mol. The number of aliphatic carboxylic acids is 1. The number of sulfonamides is 1. The topological polar surface area (TPSA) is 86.7 Å². The summed E-state index contributed by atoms with van der Waals surface area (Å²) >= 11 is 7.43. The Kier molecular flexibility index (Phi) is 7.84. The number of rotatable bonds is 10. The number of nitrogens with one attached hydrogen (secondary N) is 1. The van der Waals surface area contributed by atoms with Gasteiger partial charge in [-0.3, -0.25) is 4.79 Å². The van der Waals surface area contributed by atoms with Crippen LogP contribution in [0.5, 0.6) is 0 Å². The molecule has 33 heavy (non-hydrogen) atoms. The number of anilines is 1. The van der Waals surface area contributed by atoms with E-state index in [2.05, 4.69) is 4.72 Å². The quantitative estimate of drug-likeness (QED) is 0.393. The van der Waals surface area contributed by atoms with Crippen LogP contribution in [0.25, 0.3) is 10.4 Å². The molecule has 3 aromatic rings. The first-order chi connectivity index (χ1) is 15.5. The largest absolute Gasteiger partial charge is 0.481 e. The third kappa shape index (κ3) is 6.14. The fourth-order valence-electron chi connectivity index (χ4n) is 3.51. The number of thiophene rings is 1. The molecule has 2 N–H and O–H groups in total. The zero-order chi connectivity index (χ0) is 24.2. The van der Waals surface area contributed by atoms with Gasteiger partial charge in [0.2, 0.25) is 10.0 Å². The highest BCUT2D eigenvalue weighted by Gasteiger charge is 2.30. The van der Waals surface area contributed by atoms with Crippen LogP contribution in [0.3, 0.4) is 0 Å². The number of benzene rings is 2. The number of nitrogens with zero attached hydrogens (tertiary/aromatic N) is 1. The van der Waals surface area contributed by atoms with E-state index in [1.54, 1.807) is 18.2 Å². The smallest absolute Gasteiger partial charge is 0.303 e. The van der Waals surface area contributed by atoms with E-state index in [4.69, 9.17) is 16.7 Å². The van der Waals surface area contributed by atoms with Gasteiger partial charge in [-0.05, 0) is 41.8 Å². The van der Waals surface area contributed by atoms with Crippen molar-refractivity contribution in [3.05, 3.63) is 71.2 Å². The fraction of sp³-hybridized carbons (Fsp3) is 0.292. The molecule has 0 fully saturated rings. The zero-order valence-corrected chi connectivity index (χ0v) is 21.1. The van der Waals surface area contributed by atoms with E-state index in [-0.39, 0.29) is 17.2 Å². The summed E-state index contributed by atoms with van der Waals surface area (Å²) in [5, 5.41) is 9.79. The maximum Gasteiger partial charge on any atom is 0.303 e. The molecule has 0 aliphatic rings. The molecule has 0 unspecified atom stereocenters. The summed E-state index contributed by atoms with van der Waals surface area (Å²) in [7, 11) is 0.0151. The van der Waals surface area contributed by atoms with Gasteiger partial charge in [0.25, 0.3) is 0 Å². The normalized spacial score (nSPS) is 13.5. The van der Waals surface area contributed by atoms with Crippen molar-refractivity contribution in [1.29, 1.82) is 0 Å². The second kappa shape index (κ2) is 10.3. The number of halogens is 1. The van der Waals surface area contributed by atoms with Crippen molar-refractivity contribution in [3.8, 4) is 10.4 Å². The summed E-state index contributed by atoms with van der Waals surface area (Å²) < 4.78 is 29.1. The second-order valence-electron chi connectivity index (χ2n) is 8.32. The molecule has 9 heteroatoms. The van der Waals surface area contributed by atoms with Crippen LogP contribution in [0.15, 0.2) is 64.9 Å². The molecule has 0 aliphatic carbocycles. The van der Waals surface area contributed by atoms with E-state index in [1.807, 2.05) is 68.4 Å². The Labute approximate surface area is 203 Å². The Morgan fingerprint density at radius 3 is 2.45 bits per heavy atom. The summed E-state index contributed by atoms with van der Waals surface area (Å²) in [5.74, 6) is -0.914. The number of carboxylic acids is 1. The van der Waals surface area contributed by atoms with Crippen LogP contribution in [-0.2, 0) is 20.2 Å². The van der Waals surface area contributed by atoms with E-state index >= 15 is 0 Å². The maximum absolute atomic E-state index is 13.1. The minimum Gasteiger partial charge on any atom is -0.481 e. The highest BCUT2D eigenvalue weighted by molar-refractivity contribution is 7.91. The molecule has 0 saturated heterocycles. The van der Waals surface area contributed by atoms with Crippen LogP contribution < -0.4 is 9.62 Å². The van der Waals surface area contributed by atoms with Crippen molar-refractivity contribution in [1.82, 2.24) is 4.72 Å². The van der Waals surface area contributed by atoms with E-state index in [0.717, 1.165) is 21.7 Å². The van der Waals surface area contributed by atoms with Gasteiger partial charge in [0.1, 0.15) is 4.21 Å². The number of hydrogen-bond acceptors (Lipinski definition) is 5. The highest BCUT2D eigenvalue weighted by Crippen LogP contribution is 2.36. The monoisotopic (exact) mass is 506 g/mol. The molecule has 1 heterocycles. The van der Waals surface area contributed by atoms with Gasteiger partial charge in [-0.25, -0.2) is 13.1 Å². The summed E-state index contributed by atoms with van der Waals surface area (Å²) in [6.45, 7) is 1.97. The molecule has 176 valence electrons. The van der Waals surface area contributed by atoms with Gasteiger partial charge in [-0.15, -0.1) is 11.3 Å². The lowest BCUT2D eigenvalue weighted by Crippen LogP contribution is -2.39. The minimum atomic E-state index is -3.78. The predicted octanol–water partition coefficient (Wildman–Crippen LogP) is 5.24. The van der Waals surface area contributed by atoms with Crippen molar-refractivity contribution >= 4 is 44.6 Å². The lowest BCUT2D eigenvalue weighted by molar-refractivity contribution is -0.137. The minimum absolute atomic E-state index is 0.0545. The Morgan fingerprint density at radius 1 is 1.12 bits per heavy atom. The van der Waals surface area contributed by atoms with Crippen LogP contribution in [0.1, 0.15) is 25.3 Å². The van der Waals surface area contributed by atoms with Crippen LogP contribution in [0.4, 0.5) is 5.69 Å². The van der Waals surface area contributed by atoms with Gasteiger partial charge in [0, 0.05) is 37.4 Å². The molecule has 0 spiro atoms. The molecule has 1 aromatic heterocycles. The molecular formula is C24H27ClN2O4S2. The summed E-state index contributed by atoms with van der Waals surface area (Å²) in [6, 6.07) is 18.3. The van der Waals surface area contributed by atoms with Crippen LogP contribution in [0.2, 0.25) is 5.02 Å². The van der Waals surface area contributed by atoms with Crippen molar-refractivity contribution in [2.45, 2.75) is 29.4 Å². The van der Waals surface area contributed by atoms with Crippen molar-refractivity contribution in [3.63, 3.8) is 0 Å². The maximum atomic E-state index is 13.1. The molecule has 0 radical (unpaired) electrons. The summed E-state index contributed by atoms with van der Waals surface area (Å²) in [5.41, 5.74) is 1.95. The van der Waals surface area contributed by atoms with Gasteiger partial charge in [-0.1, -0.05) is 54.9 Å². The lowest BCUT2D eigenvalue weighted by Gasteiger charge is -2.30. The molecular weight excluding hydrogens is 480 g/mol. The number of hydrogen-bond donors (Lipinski definition) is 2. The predicted molar refractivity (Wildman–Crippen MR) is 135 cm³/mol. The molecule has 2 aromatic carbocycles. The third-order valence-electron chi connectivity index (χ3n) is 5.57. The Bertz CT molecular complexity index is 1230. The molecule has 0 aliphatic heterocycles. The number of carbonyl (C=O) groups is 1. The fourth-order valence-corrected chi connectivity index (χ4v) is 6.32. The number of carboxylic acid groups (broad SMARTS) is 1. The van der Waals surface area contributed by atoms with E-state index in [1.165, 1.54) is 11.3 Å². The van der Waals surface area contributed by atoms with E-state index in [9.17, 15) is 13.2 Å². The lowest BCUT2D eigenvalue weighted by atomic mass is 9.78. The first-order valence-corrected chi connectivity index (χ1v) is 13.0. The van der Waals surface area contributed by atoms with Gasteiger partial charge in [-0.2, -0.15) is 0 Å². The van der Waals surface area contributed by atoms with Crippen LogP contribution in [0, 0.1) is 0 Å². The second-order valence-corrected chi connectivity index (χ2v) is 11.8. The molecule has 0 bridgehead atoms. The highest BCUT2D eigenvalue weighted by atomic mass is 35.5. The molecule has 1 atom stereocenters. The Hall–Kier alpha value is -2.39. The van der Waals surface area contributed by atoms with Crippen LogP contribution >= 0.6 is 22.9 Å². The summed E-state index contributed by atoms with van der Waals surface area (Å²) in [4.78, 5) is 13.9. The van der Waals surface area contributed by atoms with E-state index < -0.39 is 21.4 Å². The SMILES string of the molecule is CN(C)c1cc(-c2ccc(S(=O)(=O)NC[C@](C)(CCC(=O)O)c3ccccc3)s2)ccc1Cl. The first kappa shape index (κ1) is 25.2. The Morgan fingerprint density at radius 2 is 1.82 bits per heavy atom. The van der Waals surface area contributed by atoms with Crippen LogP contribution in [-0.4, -0.2) is 40.1 Å². The van der Waals surface area contributed by atoms with E-state index in [0.29, 0.717) is 11.4 Å². The average Bonchev–Trinajstić information content (AvgIpc) is 3.28. The first-order valence-electron chi connectivity index (χ1n) is 10.4.